The summed E-state index contributed by atoms with van der Waals surface area (Å²) in [5, 5.41) is 27.6. The fraction of sp³-hybridized carbons (Fsp3) is 0.656. The Morgan fingerprint density at radius 2 is 1.18 bits per heavy atom. The molecule has 0 spiro atoms. The summed E-state index contributed by atoms with van der Waals surface area (Å²) in [4.78, 5) is 30.5. The Morgan fingerprint density at radius 3 is 1.61 bits per heavy atom. The van der Waals surface area contributed by atoms with Gasteiger partial charge >= 0.3 is 11.9 Å². The molecule has 242 valence electrons. The molecule has 3 rings (SSSR count). The number of nitrogens with zero attached hydrogens (tertiary/aromatic N) is 7. The van der Waals surface area contributed by atoms with Crippen LogP contribution >= 0.6 is 0 Å². The molecule has 0 aliphatic heterocycles. The van der Waals surface area contributed by atoms with Gasteiger partial charge in [-0.05, 0) is 45.4 Å². The second-order valence-corrected chi connectivity index (χ2v) is 15.4. The van der Waals surface area contributed by atoms with Gasteiger partial charge in [0.05, 0.1) is 27.9 Å². The van der Waals surface area contributed by atoms with E-state index in [0.29, 0.717) is 54.1 Å². The fourth-order valence-electron chi connectivity index (χ4n) is 4.66. The molecule has 3 aromatic heterocycles. The molecule has 44 heavy (non-hydrogen) atoms. The lowest BCUT2D eigenvalue weighted by atomic mass is 9.88. The van der Waals surface area contributed by atoms with Crippen molar-refractivity contribution >= 4 is 11.9 Å². The monoisotopic (exact) mass is 611 g/mol. The molecule has 0 amide bonds. The van der Waals surface area contributed by atoms with Crippen molar-refractivity contribution in [2.24, 2.45) is 21.7 Å². The van der Waals surface area contributed by atoms with Crippen molar-refractivity contribution in [2.75, 3.05) is 0 Å². The molecule has 12 heteroatoms. The molecule has 0 aliphatic rings. The van der Waals surface area contributed by atoms with Crippen molar-refractivity contribution in [3.8, 4) is 5.75 Å². The van der Waals surface area contributed by atoms with Gasteiger partial charge in [-0.1, -0.05) is 52.0 Å². The number of hydrogen-bond acceptors (Lipinski definition) is 10. The number of esters is 2. The van der Waals surface area contributed by atoms with Crippen LogP contribution in [0.2, 0.25) is 0 Å². The van der Waals surface area contributed by atoms with Crippen LogP contribution in [0.15, 0.2) is 18.6 Å². The first-order chi connectivity index (χ1) is 20.1. The maximum Gasteiger partial charge on any atom is 0.312 e. The van der Waals surface area contributed by atoms with Crippen molar-refractivity contribution in [3.05, 3.63) is 46.8 Å². The Hall–Kier alpha value is -3.83. The zero-order valence-corrected chi connectivity index (χ0v) is 28.2. The van der Waals surface area contributed by atoms with E-state index in [1.165, 1.54) is 6.20 Å². The number of aromatic hydroxyl groups is 1. The summed E-state index contributed by atoms with van der Waals surface area (Å²) in [6, 6.07) is 0. The standard InChI is InChI=1S/C32H49N7O5/c1-21-26(40)25(18-44-28(42)32(10,11)13-24-16-39(37-35-24)20-30(5,6)7)22(14-33-21)17-43-27(41)31(8,9)12-23-15-38(36-34-23)19-29(2,3)4/h14-16,40H,12-13,17-20H2,1-11H3. The zero-order chi connectivity index (χ0) is 33.1. The second kappa shape index (κ2) is 13.0. The number of hydrogen-bond donors (Lipinski definition) is 1. The van der Waals surface area contributed by atoms with Gasteiger partial charge in [0.2, 0.25) is 0 Å². The third-order valence-electron chi connectivity index (χ3n) is 6.93. The third-order valence-corrected chi connectivity index (χ3v) is 6.93. The maximum atomic E-state index is 13.2. The topological polar surface area (TPSA) is 147 Å². The maximum absolute atomic E-state index is 13.2. The molecule has 0 unspecified atom stereocenters. The highest BCUT2D eigenvalue weighted by Gasteiger charge is 2.33. The smallest absolute Gasteiger partial charge is 0.312 e. The first kappa shape index (κ1) is 34.7. The van der Waals surface area contributed by atoms with E-state index in [1.54, 1.807) is 44.0 Å². The molecule has 0 bridgehead atoms. The van der Waals surface area contributed by atoms with E-state index in [1.807, 2.05) is 12.4 Å². The van der Waals surface area contributed by atoms with Crippen LogP contribution in [0.1, 0.15) is 97.4 Å². The van der Waals surface area contributed by atoms with E-state index in [0.717, 1.165) is 0 Å². The molecule has 0 saturated carbocycles. The van der Waals surface area contributed by atoms with Crippen molar-refractivity contribution in [1.82, 2.24) is 35.0 Å². The van der Waals surface area contributed by atoms with E-state index >= 15 is 0 Å². The molecular weight excluding hydrogens is 562 g/mol. The lowest BCUT2D eigenvalue weighted by Gasteiger charge is -2.23. The van der Waals surface area contributed by atoms with Crippen LogP contribution in [-0.4, -0.2) is 52.0 Å². The van der Waals surface area contributed by atoms with Crippen LogP contribution in [0, 0.1) is 28.6 Å². The van der Waals surface area contributed by atoms with Crippen molar-refractivity contribution in [3.63, 3.8) is 0 Å². The molecular formula is C32H49N7O5. The number of carbonyl (C=O) groups is 2. The molecule has 1 N–H and O–H groups in total. The molecule has 3 heterocycles. The summed E-state index contributed by atoms with van der Waals surface area (Å²) < 4.78 is 14.9. The van der Waals surface area contributed by atoms with Gasteiger partial charge in [-0.2, -0.15) is 0 Å². The summed E-state index contributed by atoms with van der Waals surface area (Å²) in [6.07, 6.45) is 5.90. The van der Waals surface area contributed by atoms with E-state index in [9.17, 15) is 14.7 Å². The quantitative estimate of drug-likeness (QED) is 0.278. The zero-order valence-electron chi connectivity index (χ0n) is 28.2. The summed E-state index contributed by atoms with van der Waals surface area (Å²) in [7, 11) is 0. The Morgan fingerprint density at radius 1 is 0.750 bits per heavy atom. The number of carbonyl (C=O) groups excluding carboxylic acids is 2. The second-order valence-electron chi connectivity index (χ2n) is 15.4. The van der Waals surface area contributed by atoms with Crippen molar-refractivity contribution in [1.29, 1.82) is 0 Å². The van der Waals surface area contributed by atoms with Crippen LogP contribution in [0.4, 0.5) is 0 Å². The number of rotatable bonds is 12. The van der Waals surface area contributed by atoms with E-state index < -0.39 is 22.8 Å². The minimum absolute atomic E-state index is 0.0410. The molecule has 0 atom stereocenters. The average Bonchev–Trinajstić information content (AvgIpc) is 3.49. The number of aromatic nitrogens is 7. The van der Waals surface area contributed by atoms with Gasteiger partial charge in [0.25, 0.3) is 0 Å². The molecule has 0 fully saturated rings. The van der Waals surface area contributed by atoms with Crippen LogP contribution in [-0.2, 0) is 58.2 Å². The third kappa shape index (κ3) is 9.85. The first-order valence-electron chi connectivity index (χ1n) is 14.9. The molecule has 0 saturated heterocycles. The minimum atomic E-state index is -0.897. The summed E-state index contributed by atoms with van der Waals surface area (Å²) >= 11 is 0. The van der Waals surface area contributed by atoms with Crippen LogP contribution < -0.4 is 0 Å². The first-order valence-corrected chi connectivity index (χ1v) is 14.9. The van der Waals surface area contributed by atoms with E-state index in [2.05, 4.69) is 67.2 Å². The molecule has 0 aromatic carbocycles. The molecule has 12 nitrogen and oxygen atoms in total. The fourth-order valence-corrected chi connectivity index (χ4v) is 4.66. The highest BCUT2D eigenvalue weighted by molar-refractivity contribution is 5.77. The molecule has 3 aromatic rings. The minimum Gasteiger partial charge on any atom is -0.506 e. The van der Waals surface area contributed by atoms with E-state index in [4.69, 9.17) is 9.47 Å². The number of pyridine rings is 1. The van der Waals surface area contributed by atoms with Crippen molar-refractivity contribution < 1.29 is 24.2 Å². The molecule has 0 radical (unpaired) electrons. The normalized spacial score (nSPS) is 12.8. The van der Waals surface area contributed by atoms with Crippen molar-refractivity contribution in [2.45, 2.75) is 115 Å². The lowest BCUT2D eigenvalue weighted by molar-refractivity contribution is -0.157. The van der Waals surface area contributed by atoms with Gasteiger partial charge in [0, 0.05) is 55.6 Å². The SMILES string of the molecule is Cc1ncc(COC(=O)C(C)(C)Cc2cn(CC(C)(C)C)nn2)c(COC(=O)C(C)(C)Cc2cn(CC(C)(C)C)nn2)c1O. The van der Waals surface area contributed by atoms with E-state index in [-0.39, 0.29) is 29.8 Å². The van der Waals surface area contributed by atoms with Gasteiger partial charge in [-0.15, -0.1) is 10.2 Å². The summed E-state index contributed by atoms with van der Waals surface area (Å²) in [5.41, 5.74) is 0.849. The predicted octanol–water partition coefficient (Wildman–Crippen LogP) is 5.00. The van der Waals surface area contributed by atoms with Crippen LogP contribution in [0.5, 0.6) is 5.75 Å². The highest BCUT2D eigenvalue weighted by atomic mass is 16.5. The lowest BCUT2D eigenvalue weighted by Crippen LogP contribution is -2.30. The van der Waals surface area contributed by atoms with Crippen LogP contribution in [0.25, 0.3) is 0 Å². The predicted molar refractivity (Wildman–Crippen MR) is 164 cm³/mol. The Balaban J connectivity index is 1.64. The van der Waals surface area contributed by atoms with Crippen LogP contribution in [0.3, 0.4) is 0 Å². The Labute approximate surface area is 260 Å². The number of aryl methyl sites for hydroxylation is 1. The average molecular weight is 612 g/mol. The van der Waals surface area contributed by atoms with Gasteiger partial charge in [0.1, 0.15) is 19.0 Å². The summed E-state index contributed by atoms with van der Waals surface area (Å²) in [6.45, 7) is 22.5. The van der Waals surface area contributed by atoms with Gasteiger partial charge in [-0.3, -0.25) is 23.9 Å². The Kier molecular flexibility index (Phi) is 10.3. The van der Waals surface area contributed by atoms with Gasteiger partial charge in [-0.25, -0.2) is 0 Å². The number of ether oxygens (including phenoxy) is 2. The highest BCUT2D eigenvalue weighted by Crippen LogP contribution is 2.30. The van der Waals surface area contributed by atoms with Gasteiger partial charge < -0.3 is 14.6 Å². The largest absolute Gasteiger partial charge is 0.506 e. The van der Waals surface area contributed by atoms with Gasteiger partial charge in [0.15, 0.2) is 0 Å². The molecule has 0 aliphatic carbocycles. The Bertz CT molecular complexity index is 1460. The summed E-state index contributed by atoms with van der Waals surface area (Å²) in [5.74, 6) is -1.00.